The average molecular weight is 325 g/mol. The summed E-state index contributed by atoms with van der Waals surface area (Å²) in [4.78, 5) is 0. The summed E-state index contributed by atoms with van der Waals surface area (Å²) in [5.74, 6) is -0.810. The van der Waals surface area contributed by atoms with Crippen LogP contribution in [0.25, 0.3) is 0 Å². The minimum Gasteiger partial charge on any atom is -0.485 e. The number of benzene rings is 2. The summed E-state index contributed by atoms with van der Waals surface area (Å²) in [5.41, 5.74) is 0.676. The fourth-order valence-electron chi connectivity index (χ4n) is 1.61. The normalized spacial score (nSPS) is 10.3. The second-order valence-electron chi connectivity index (χ2n) is 3.93. The first-order chi connectivity index (χ1) is 9.09. The predicted octanol–water partition coefficient (Wildman–Crippen LogP) is 1.85. The molecular formula is C13H11BBrFO3. The van der Waals surface area contributed by atoms with Crippen molar-refractivity contribution in [1.29, 1.82) is 0 Å². The molecule has 3 nitrogen and oxygen atoms in total. The lowest BCUT2D eigenvalue weighted by molar-refractivity contribution is 0.288. The van der Waals surface area contributed by atoms with E-state index in [9.17, 15) is 4.39 Å². The molecule has 2 aromatic carbocycles. The highest BCUT2D eigenvalue weighted by Crippen LogP contribution is 2.27. The van der Waals surface area contributed by atoms with Crippen LogP contribution in [-0.2, 0) is 6.61 Å². The van der Waals surface area contributed by atoms with E-state index in [1.807, 2.05) is 30.3 Å². The lowest BCUT2D eigenvalue weighted by Crippen LogP contribution is -2.33. The SMILES string of the molecule is OB(O)c1ccc(Br)c(OCc2ccccc2)c1F. The van der Waals surface area contributed by atoms with Crippen LogP contribution in [0, 0.1) is 5.82 Å². The van der Waals surface area contributed by atoms with Crippen molar-refractivity contribution in [2.75, 3.05) is 0 Å². The highest BCUT2D eigenvalue weighted by molar-refractivity contribution is 9.10. The molecule has 2 rings (SSSR count). The molecule has 0 aliphatic rings. The van der Waals surface area contributed by atoms with Crippen LogP contribution in [0.1, 0.15) is 5.56 Å². The molecule has 0 bridgehead atoms. The molecule has 0 fully saturated rings. The first-order valence-electron chi connectivity index (χ1n) is 5.60. The van der Waals surface area contributed by atoms with Crippen LogP contribution in [0.2, 0.25) is 0 Å². The zero-order valence-electron chi connectivity index (χ0n) is 9.88. The Labute approximate surface area is 118 Å². The quantitative estimate of drug-likeness (QED) is 0.844. The van der Waals surface area contributed by atoms with Crippen LogP contribution in [-0.4, -0.2) is 17.2 Å². The molecule has 0 aliphatic heterocycles. The number of rotatable bonds is 4. The van der Waals surface area contributed by atoms with Gasteiger partial charge in [-0.25, -0.2) is 4.39 Å². The van der Waals surface area contributed by atoms with Gasteiger partial charge < -0.3 is 14.8 Å². The fraction of sp³-hybridized carbons (Fsp3) is 0.0769. The van der Waals surface area contributed by atoms with E-state index in [4.69, 9.17) is 14.8 Å². The van der Waals surface area contributed by atoms with Crippen molar-refractivity contribution in [3.05, 3.63) is 58.3 Å². The maximum Gasteiger partial charge on any atom is 0.491 e. The van der Waals surface area contributed by atoms with E-state index >= 15 is 0 Å². The van der Waals surface area contributed by atoms with Crippen LogP contribution >= 0.6 is 15.9 Å². The van der Waals surface area contributed by atoms with Crippen molar-refractivity contribution in [3.63, 3.8) is 0 Å². The molecule has 0 heterocycles. The number of hydrogen-bond donors (Lipinski definition) is 2. The van der Waals surface area contributed by atoms with Gasteiger partial charge in [0.05, 0.1) is 4.47 Å². The Hall–Kier alpha value is -1.37. The molecule has 0 saturated carbocycles. The van der Waals surface area contributed by atoms with Crippen LogP contribution in [0.15, 0.2) is 46.9 Å². The molecule has 98 valence electrons. The van der Waals surface area contributed by atoms with Crippen molar-refractivity contribution in [2.24, 2.45) is 0 Å². The second kappa shape index (κ2) is 6.19. The Kier molecular flexibility index (Phi) is 4.58. The molecule has 6 heteroatoms. The number of ether oxygens (including phenoxy) is 1. The number of hydrogen-bond acceptors (Lipinski definition) is 3. The van der Waals surface area contributed by atoms with E-state index in [1.54, 1.807) is 0 Å². The highest BCUT2D eigenvalue weighted by atomic mass is 79.9. The van der Waals surface area contributed by atoms with E-state index in [2.05, 4.69) is 15.9 Å². The van der Waals surface area contributed by atoms with Crippen molar-refractivity contribution in [1.82, 2.24) is 0 Å². The minimum atomic E-state index is -1.87. The average Bonchev–Trinajstić information content (AvgIpc) is 2.39. The Morgan fingerprint density at radius 2 is 1.79 bits per heavy atom. The van der Waals surface area contributed by atoms with Gasteiger partial charge in [-0.3, -0.25) is 0 Å². The van der Waals surface area contributed by atoms with E-state index in [0.717, 1.165) is 5.56 Å². The molecule has 0 unspecified atom stereocenters. The van der Waals surface area contributed by atoms with Gasteiger partial charge in [0.25, 0.3) is 0 Å². The van der Waals surface area contributed by atoms with Crippen LogP contribution in [0.3, 0.4) is 0 Å². The minimum absolute atomic E-state index is 0.0329. The monoisotopic (exact) mass is 324 g/mol. The van der Waals surface area contributed by atoms with Gasteiger partial charge in [-0.15, -0.1) is 0 Å². The first-order valence-corrected chi connectivity index (χ1v) is 6.39. The predicted molar refractivity (Wildman–Crippen MR) is 74.7 cm³/mol. The Morgan fingerprint density at radius 3 is 2.42 bits per heavy atom. The van der Waals surface area contributed by atoms with Gasteiger partial charge in [-0.2, -0.15) is 0 Å². The van der Waals surface area contributed by atoms with Crippen molar-refractivity contribution in [3.8, 4) is 5.75 Å². The third-order valence-corrected chi connectivity index (χ3v) is 3.21. The zero-order valence-corrected chi connectivity index (χ0v) is 11.5. The molecule has 0 radical (unpaired) electrons. The van der Waals surface area contributed by atoms with Gasteiger partial charge in [0.1, 0.15) is 6.61 Å². The van der Waals surface area contributed by atoms with E-state index in [0.29, 0.717) is 4.47 Å². The third-order valence-electron chi connectivity index (χ3n) is 2.58. The van der Waals surface area contributed by atoms with Crippen molar-refractivity contribution < 1.29 is 19.2 Å². The molecule has 0 amide bonds. The van der Waals surface area contributed by atoms with Crippen molar-refractivity contribution >= 4 is 28.5 Å². The van der Waals surface area contributed by atoms with E-state index < -0.39 is 12.9 Å². The second-order valence-corrected chi connectivity index (χ2v) is 4.78. The molecule has 2 aromatic rings. The summed E-state index contributed by atoms with van der Waals surface area (Å²) in [6.07, 6.45) is 0. The Morgan fingerprint density at radius 1 is 1.11 bits per heavy atom. The largest absolute Gasteiger partial charge is 0.491 e. The summed E-state index contributed by atoms with van der Waals surface area (Å²) in [5, 5.41) is 18.1. The van der Waals surface area contributed by atoms with Crippen LogP contribution < -0.4 is 10.2 Å². The van der Waals surface area contributed by atoms with Gasteiger partial charge in [-0.05, 0) is 27.6 Å². The topological polar surface area (TPSA) is 49.7 Å². The molecule has 0 aliphatic carbocycles. The standard InChI is InChI=1S/C13H11BBrFO3/c15-11-7-6-10(14(17)18)12(16)13(11)19-8-9-4-2-1-3-5-9/h1-7,17-18H,8H2. The summed E-state index contributed by atoms with van der Waals surface area (Å²) in [6.45, 7) is 0.196. The smallest absolute Gasteiger partial charge is 0.485 e. The van der Waals surface area contributed by atoms with Crippen LogP contribution in [0.5, 0.6) is 5.75 Å². The van der Waals surface area contributed by atoms with Crippen LogP contribution in [0.4, 0.5) is 4.39 Å². The third kappa shape index (κ3) is 3.35. The van der Waals surface area contributed by atoms with Gasteiger partial charge in [0.2, 0.25) is 0 Å². The highest BCUT2D eigenvalue weighted by Gasteiger charge is 2.21. The van der Waals surface area contributed by atoms with E-state index in [-0.39, 0.29) is 17.8 Å². The molecular weight excluding hydrogens is 314 g/mol. The maximum absolute atomic E-state index is 14.0. The lowest BCUT2D eigenvalue weighted by Gasteiger charge is -2.12. The molecule has 19 heavy (non-hydrogen) atoms. The summed E-state index contributed by atoms with van der Waals surface area (Å²) >= 11 is 3.18. The molecule has 2 N–H and O–H groups in total. The van der Waals surface area contributed by atoms with Gasteiger partial charge in [-0.1, -0.05) is 36.4 Å². The van der Waals surface area contributed by atoms with Gasteiger partial charge >= 0.3 is 7.12 Å². The fourth-order valence-corrected chi connectivity index (χ4v) is 2.03. The summed E-state index contributed by atoms with van der Waals surface area (Å²) in [7, 11) is -1.87. The lowest BCUT2D eigenvalue weighted by atomic mass is 9.80. The summed E-state index contributed by atoms with van der Waals surface area (Å²) in [6, 6.07) is 12.1. The van der Waals surface area contributed by atoms with Gasteiger partial charge in [0.15, 0.2) is 11.6 Å². The first kappa shape index (κ1) is 14.1. The zero-order chi connectivity index (χ0) is 13.8. The Balaban J connectivity index is 2.22. The van der Waals surface area contributed by atoms with E-state index in [1.165, 1.54) is 12.1 Å². The number of halogens is 2. The molecule has 0 aromatic heterocycles. The van der Waals surface area contributed by atoms with Crippen molar-refractivity contribution in [2.45, 2.75) is 6.61 Å². The molecule has 0 atom stereocenters. The summed E-state index contributed by atoms with van der Waals surface area (Å²) < 4.78 is 19.8. The molecule has 0 spiro atoms. The Bertz CT molecular complexity index is 563. The molecule has 0 saturated heterocycles. The van der Waals surface area contributed by atoms with Gasteiger partial charge in [0, 0.05) is 5.46 Å². The maximum atomic E-state index is 14.0.